The topological polar surface area (TPSA) is 56.0 Å². The Morgan fingerprint density at radius 3 is 2.48 bits per heavy atom. The molecule has 2 aliphatic rings. The monoisotopic (exact) mass is 363 g/mol. The lowest BCUT2D eigenvalue weighted by Crippen LogP contribution is -2.18. The molecule has 0 saturated carbocycles. The van der Waals surface area contributed by atoms with E-state index in [1.165, 1.54) is 41.9 Å². The van der Waals surface area contributed by atoms with Crippen LogP contribution >= 0.6 is 0 Å². The van der Waals surface area contributed by atoms with Gasteiger partial charge in [0.25, 0.3) is 0 Å². The second kappa shape index (κ2) is 8.01. The number of aromatic amines is 1. The highest BCUT2D eigenvalue weighted by Gasteiger charge is 2.24. The van der Waals surface area contributed by atoms with E-state index in [9.17, 15) is 0 Å². The summed E-state index contributed by atoms with van der Waals surface area (Å²) in [5.74, 6) is 1.99. The molecule has 1 saturated heterocycles. The number of benzene rings is 1. The Labute approximate surface area is 161 Å². The molecule has 0 amide bonds. The Balaban J connectivity index is 1.26. The molecule has 3 N–H and O–H groups in total. The lowest BCUT2D eigenvalue weighted by atomic mass is 10.0. The molecule has 142 valence electrons. The third-order valence-corrected chi connectivity index (χ3v) is 5.61. The highest BCUT2D eigenvalue weighted by molar-refractivity contribution is 5.25. The van der Waals surface area contributed by atoms with Crippen molar-refractivity contribution in [2.75, 3.05) is 13.6 Å². The zero-order chi connectivity index (χ0) is 18.6. The first-order valence-corrected chi connectivity index (χ1v) is 9.91. The molecule has 27 heavy (non-hydrogen) atoms. The van der Waals surface area contributed by atoms with Crippen LogP contribution in [0, 0.1) is 0 Å². The quantitative estimate of drug-likeness (QED) is 0.706. The van der Waals surface area contributed by atoms with Crippen LogP contribution in [0.2, 0.25) is 0 Å². The standard InChI is InChI=1S/C22H29N5/c1-16-23-14-19(25-16)11-9-17-5-7-18(8-6-17)10-12-20-15-24-22(26-20)21-4-3-13-27(21)2/h5-8,14-15,21,23,25H,1,3-4,9-13H2,2H3,(H,24,26). The minimum Gasteiger partial charge on any atom is -0.347 e. The molecule has 5 heteroatoms. The molecule has 1 atom stereocenters. The number of aryl methyl sites for hydroxylation is 3. The second-order valence-corrected chi connectivity index (χ2v) is 7.67. The summed E-state index contributed by atoms with van der Waals surface area (Å²) >= 11 is 0. The average molecular weight is 364 g/mol. The van der Waals surface area contributed by atoms with Gasteiger partial charge < -0.3 is 15.6 Å². The normalized spacial score (nSPS) is 19.8. The highest BCUT2D eigenvalue weighted by Crippen LogP contribution is 2.28. The number of nitrogens with one attached hydrogen (secondary N) is 3. The van der Waals surface area contributed by atoms with Crippen LogP contribution in [0.15, 0.2) is 54.8 Å². The largest absolute Gasteiger partial charge is 0.347 e. The molecular weight excluding hydrogens is 334 g/mol. The Bertz CT molecular complexity index is 817. The molecule has 1 aromatic heterocycles. The Kier molecular flexibility index (Phi) is 5.30. The average Bonchev–Trinajstić information content (AvgIpc) is 3.40. The molecule has 1 aromatic carbocycles. The van der Waals surface area contributed by atoms with Crippen molar-refractivity contribution in [2.24, 2.45) is 0 Å². The smallest absolute Gasteiger partial charge is 0.123 e. The van der Waals surface area contributed by atoms with Gasteiger partial charge in [-0.1, -0.05) is 30.8 Å². The van der Waals surface area contributed by atoms with E-state index in [-0.39, 0.29) is 0 Å². The van der Waals surface area contributed by atoms with Crippen molar-refractivity contribution in [1.82, 2.24) is 25.5 Å². The fourth-order valence-electron chi connectivity index (χ4n) is 3.93. The van der Waals surface area contributed by atoms with E-state index >= 15 is 0 Å². The van der Waals surface area contributed by atoms with Gasteiger partial charge in [0, 0.05) is 23.8 Å². The molecule has 2 aliphatic heterocycles. The molecular formula is C22H29N5. The molecule has 0 aliphatic carbocycles. The number of likely N-dealkylation sites (tertiary alicyclic amines) is 1. The van der Waals surface area contributed by atoms with Crippen LogP contribution in [0.5, 0.6) is 0 Å². The van der Waals surface area contributed by atoms with E-state index in [4.69, 9.17) is 0 Å². The van der Waals surface area contributed by atoms with Gasteiger partial charge in [-0.2, -0.15) is 0 Å². The number of nitrogens with zero attached hydrogens (tertiary/aromatic N) is 2. The van der Waals surface area contributed by atoms with Crippen molar-refractivity contribution >= 4 is 0 Å². The van der Waals surface area contributed by atoms with E-state index in [1.807, 2.05) is 12.4 Å². The van der Waals surface area contributed by atoms with Crippen molar-refractivity contribution < 1.29 is 0 Å². The van der Waals surface area contributed by atoms with Crippen LogP contribution in [0.1, 0.15) is 47.9 Å². The van der Waals surface area contributed by atoms with Gasteiger partial charge in [0.2, 0.25) is 0 Å². The Hall–Kier alpha value is -2.53. The maximum atomic E-state index is 4.62. The van der Waals surface area contributed by atoms with Crippen LogP contribution < -0.4 is 10.6 Å². The van der Waals surface area contributed by atoms with Crippen molar-refractivity contribution in [3.05, 3.63) is 77.4 Å². The number of allylic oxidation sites excluding steroid dienone is 1. The molecule has 1 unspecified atom stereocenters. The fourth-order valence-corrected chi connectivity index (χ4v) is 3.93. The lowest BCUT2D eigenvalue weighted by Gasteiger charge is -2.16. The first kappa shape index (κ1) is 17.9. The minimum absolute atomic E-state index is 0.467. The summed E-state index contributed by atoms with van der Waals surface area (Å²) in [6.45, 7) is 5.03. The predicted molar refractivity (Wildman–Crippen MR) is 109 cm³/mol. The van der Waals surface area contributed by atoms with E-state index < -0.39 is 0 Å². The number of hydrogen-bond donors (Lipinski definition) is 3. The van der Waals surface area contributed by atoms with Gasteiger partial charge in [-0.15, -0.1) is 0 Å². The zero-order valence-corrected chi connectivity index (χ0v) is 16.1. The van der Waals surface area contributed by atoms with Crippen LogP contribution in [-0.2, 0) is 19.3 Å². The lowest BCUT2D eigenvalue weighted by molar-refractivity contribution is 0.307. The van der Waals surface area contributed by atoms with Crippen molar-refractivity contribution in [3.8, 4) is 0 Å². The highest BCUT2D eigenvalue weighted by atomic mass is 15.2. The predicted octanol–water partition coefficient (Wildman–Crippen LogP) is 3.40. The summed E-state index contributed by atoms with van der Waals surface area (Å²) in [6, 6.07) is 9.48. The minimum atomic E-state index is 0.467. The molecule has 1 fully saturated rings. The molecule has 2 aromatic rings. The second-order valence-electron chi connectivity index (χ2n) is 7.67. The van der Waals surface area contributed by atoms with Gasteiger partial charge in [0.1, 0.15) is 5.82 Å². The summed E-state index contributed by atoms with van der Waals surface area (Å²) in [7, 11) is 2.19. The van der Waals surface area contributed by atoms with Crippen molar-refractivity contribution in [1.29, 1.82) is 0 Å². The fraction of sp³-hybridized carbons (Fsp3) is 0.409. The maximum Gasteiger partial charge on any atom is 0.123 e. The van der Waals surface area contributed by atoms with Gasteiger partial charge in [0.05, 0.1) is 11.9 Å². The molecule has 4 rings (SSSR count). The molecule has 0 bridgehead atoms. The van der Waals surface area contributed by atoms with Crippen LogP contribution in [0.3, 0.4) is 0 Å². The Morgan fingerprint density at radius 1 is 1.11 bits per heavy atom. The van der Waals surface area contributed by atoms with Crippen molar-refractivity contribution in [2.45, 2.75) is 44.6 Å². The molecule has 5 nitrogen and oxygen atoms in total. The number of aromatic nitrogens is 2. The number of H-pyrrole nitrogens is 1. The zero-order valence-electron chi connectivity index (χ0n) is 16.1. The van der Waals surface area contributed by atoms with E-state index in [0.717, 1.165) is 37.3 Å². The van der Waals surface area contributed by atoms with Crippen LogP contribution in [-0.4, -0.2) is 28.5 Å². The van der Waals surface area contributed by atoms with E-state index in [0.29, 0.717) is 6.04 Å². The summed E-state index contributed by atoms with van der Waals surface area (Å²) in [6.07, 6.45) is 10.6. The first-order valence-electron chi connectivity index (χ1n) is 9.91. The third kappa shape index (κ3) is 4.42. The van der Waals surface area contributed by atoms with E-state index in [1.54, 1.807) is 0 Å². The van der Waals surface area contributed by atoms with E-state index in [2.05, 4.69) is 63.4 Å². The summed E-state index contributed by atoms with van der Waals surface area (Å²) in [5.41, 5.74) is 5.18. The van der Waals surface area contributed by atoms with Crippen LogP contribution in [0.25, 0.3) is 0 Å². The molecule has 0 spiro atoms. The van der Waals surface area contributed by atoms with Gasteiger partial charge in [-0.05, 0) is 63.2 Å². The molecule has 0 radical (unpaired) electrons. The first-order chi connectivity index (χ1) is 13.2. The number of rotatable bonds is 7. The summed E-state index contributed by atoms with van der Waals surface area (Å²) in [4.78, 5) is 10.6. The van der Waals surface area contributed by atoms with Gasteiger partial charge >= 0.3 is 0 Å². The summed E-state index contributed by atoms with van der Waals surface area (Å²) < 4.78 is 0. The number of imidazole rings is 1. The van der Waals surface area contributed by atoms with Gasteiger partial charge in [-0.25, -0.2) is 4.98 Å². The maximum absolute atomic E-state index is 4.62. The SMILES string of the molecule is C=C1NC=C(CCc2ccc(CCc3cnc(C4CCCN4C)[nH]3)cc2)N1. The Morgan fingerprint density at radius 2 is 1.85 bits per heavy atom. The van der Waals surface area contributed by atoms with Crippen molar-refractivity contribution in [3.63, 3.8) is 0 Å². The van der Waals surface area contributed by atoms with Gasteiger partial charge in [-0.3, -0.25) is 4.90 Å². The van der Waals surface area contributed by atoms with Crippen LogP contribution in [0.4, 0.5) is 0 Å². The third-order valence-electron chi connectivity index (χ3n) is 5.61. The molecule has 3 heterocycles. The number of hydrogen-bond acceptors (Lipinski definition) is 4. The van der Waals surface area contributed by atoms with Gasteiger partial charge in [0.15, 0.2) is 0 Å². The summed E-state index contributed by atoms with van der Waals surface area (Å²) in [5, 5.41) is 6.33.